The molecule has 1 atom stereocenters. The first-order valence-electron chi connectivity index (χ1n) is 19.8. The molecule has 0 bridgehead atoms. The number of fused-ring (bicyclic) bond motifs is 1. The van der Waals surface area contributed by atoms with Gasteiger partial charge in [0.05, 0.1) is 11.4 Å². The Balaban J connectivity index is 1.13. The molecular formula is C40H61N9O5S2. The zero-order valence-electron chi connectivity index (χ0n) is 33.7. The third-order valence-corrected chi connectivity index (χ3v) is 13.3. The molecule has 1 aromatic carbocycles. The summed E-state index contributed by atoms with van der Waals surface area (Å²) in [5, 5.41) is 17.8. The molecule has 4 rings (SSSR count). The van der Waals surface area contributed by atoms with Crippen LogP contribution >= 0.6 is 21.6 Å². The third kappa shape index (κ3) is 14.5. The molecule has 1 saturated heterocycles. The summed E-state index contributed by atoms with van der Waals surface area (Å²) in [7, 11) is 3.39. The van der Waals surface area contributed by atoms with E-state index in [1.165, 1.54) is 23.6 Å². The molecule has 1 aliphatic heterocycles. The maximum absolute atomic E-state index is 13.2. The third-order valence-electron chi connectivity index (χ3n) is 9.90. The van der Waals surface area contributed by atoms with E-state index in [4.69, 9.17) is 10.8 Å². The standard InChI is InChI=1S/C40H61N9O5S2/c1-6-7-8-15-44-37-36-32(45-39(41)46-37)13-18-49(36)27-31-10-9-30(24-28(31)2)26-47-19-21-48(22-20-47)35(52)11-14-40(4,5)56-55-23-17-43-33(50)12-16-42-34(51)25-29(3)38(53)54/h9-10,13,18,24,29H,6-8,11-12,14-17,19-23,25-27H2,1-5H3,(H,42,51)(H,43,50)(H,53,54)(H3,41,44,45,46). The highest BCUT2D eigenvalue weighted by molar-refractivity contribution is 8.77. The van der Waals surface area contributed by atoms with Crippen molar-refractivity contribution in [3.05, 3.63) is 47.2 Å². The summed E-state index contributed by atoms with van der Waals surface area (Å²) < 4.78 is 2.10. The van der Waals surface area contributed by atoms with Crippen LogP contribution in [0.3, 0.4) is 0 Å². The first-order chi connectivity index (χ1) is 26.7. The first kappa shape index (κ1) is 44.7. The number of carbonyl (C=O) groups excluding carboxylic acids is 3. The van der Waals surface area contributed by atoms with Crippen molar-refractivity contribution in [1.29, 1.82) is 0 Å². The number of amides is 3. The number of nitrogens with zero attached hydrogens (tertiary/aromatic N) is 5. The molecule has 16 heteroatoms. The minimum atomic E-state index is -1.02. The van der Waals surface area contributed by atoms with Crippen molar-refractivity contribution in [3.63, 3.8) is 0 Å². The van der Waals surface area contributed by atoms with Crippen LogP contribution in [0.25, 0.3) is 11.0 Å². The average Bonchev–Trinajstić information content (AvgIpc) is 3.55. The van der Waals surface area contributed by atoms with Crippen LogP contribution in [0.1, 0.15) is 89.3 Å². The van der Waals surface area contributed by atoms with Gasteiger partial charge in [0, 0.05) is 94.9 Å². The van der Waals surface area contributed by atoms with Crippen LogP contribution in [0, 0.1) is 12.8 Å². The summed E-state index contributed by atoms with van der Waals surface area (Å²) >= 11 is 0. The van der Waals surface area contributed by atoms with Gasteiger partial charge in [-0.05, 0) is 56.4 Å². The number of benzene rings is 1. The van der Waals surface area contributed by atoms with Crippen LogP contribution in [0.2, 0.25) is 0 Å². The fraction of sp³-hybridized carbons (Fsp3) is 0.600. The number of carbonyl (C=O) groups is 4. The first-order valence-corrected chi connectivity index (χ1v) is 22.1. The van der Waals surface area contributed by atoms with Crippen LogP contribution in [0.15, 0.2) is 30.5 Å². The van der Waals surface area contributed by atoms with E-state index >= 15 is 0 Å². The molecule has 6 N–H and O–H groups in total. The Labute approximate surface area is 339 Å². The molecule has 3 heterocycles. The van der Waals surface area contributed by atoms with Crippen molar-refractivity contribution >= 4 is 68.1 Å². The van der Waals surface area contributed by atoms with Gasteiger partial charge in [0.1, 0.15) is 5.52 Å². The molecule has 0 radical (unpaired) electrons. The number of aryl methyl sites for hydroxylation is 1. The Kier molecular flexibility index (Phi) is 17.6. The highest BCUT2D eigenvalue weighted by atomic mass is 33.1. The molecular weight excluding hydrogens is 751 g/mol. The maximum atomic E-state index is 13.2. The molecule has 3 amide bonds. The number of aliphatic carboxylic acids is 1. The van der Waals surface area contributed by atoms with Gasteiger partial charge in [-0.25, -0.2) is 4.98 Å². The number of unbranched alkanes of at least 4 members (excludes halogenated alkanes) is 2. The lowest BCUT2D eigenvalue weighted by atomic mass is 10.0. The number of carboxylic acid groups (broad SMARTS) is 1. The van der Waals surface area contributed by atoms with Crippen LogP contribution in [0.4, 0.5) is 11.8 Å². The molecule has 56 heavy (non-hydrogen) atoms. The molecule has 0 saturated carbocycles. The number of nitrogen functional groups attached to an aromatic ring is 1. The number of hydrogen-bond acceptors (Lipinski definition) is 11. The summed E-state index contributed by atoms with van der Waals surface area (Å²) in [6.45, 7) is 16.3. The Bertz CT molecular complexity index is 1780. The Hall–Kier alpha value is -4.02. The molecule has 1 fully saturated rings. The lowest BCUT2D eigenvalue weighted by Gasteiger charge is -2.35. The predicted molar refractivity (Wildman–Crippen MR) is 228 cm³/mol. The Morgan fingerprint density at radius 2 is 1.71 bits per heavy atom. The molecule has 0 spiro atoms. The van der Waals surface area contributed by atoms with Crippen molar-refractivity contribution in [2.24, 2.45) is 5.92 Å². The molecule has 308 valence electrons. The summed E-state index contributed by atoms with van der Waals surface area (Å²) in [5.74, 6) is -0.355. The minimum Gasteiger partial charge on any atom is -0.481 e. The summed E-state index contributed by atoms with van der Waals surface area (Å²) in [6, 6.07) is 8.71. The molecule has 1 unspecified atom stereocenters. The second kappa shape index (κ2) is 22.1. The number of carboxylic acids is 1. The second-order valence-electron chi connectivity index (χ2n) is 15.2. The van der Waals surface area contributed by atoms with Gasteiger partial charge in [0.25, 0.3) is 0 Å². The monoisotopic (exact) mass is 811 g/mol. The quantitative estimate of drug-likeness (QED) is 0.0616. The lowest BCUT2D eigenvalue weighted by molar-refractivity contribution is -0.143. The van der Waals surface area contributed by atoms with Gasteiger partial charge in [-0.2, -0.15) is 4.98 Å². The SMILES string of the molecule is CCCCCNc1nc(N)nc2ccn(Cc3ccc(CN4CCN(C(=O)CCC(C)(C)SSCCNC(=O)CCNC(=O)CC(C)C(=O)O)CC4)cc3C)c12. The molecule has 2 aromatic heterocycles. The van der Waals surface area contributed by atoms with E-state index in [0.29, 0.717) is 25.3 Å². The van der Waals surface area contributed by atoms with E-state index in [9.17, 15) is 19.2 Å². The van der Waals surface area contributed by atoms with Crippen molar-refractivity contribution < 1.29 is 24.3 Å². The number of aromatic nitrogens is 3. The number of nitrogens with one attached hydrogen (secondary N) is 3. The minimum absolute atomic E-state index is 0.1000. The van der Waals surface area contributed by atoms with Crippen molar-refractivity contribution in [3.8, 4) is 0 Å². The van der Waals surface area contributed by atoms with E-state index in [1.807, 2.05) is 11.0 Å². The fourth-order valence-electron chi connectivity index (χ4n) is 6.47. The molecule has 3 aromatic rings. The highest BCUT2D eigenvalue weighted by Crippen LogP contribution is 2.38. The summed E-state index contributed by atoms with van der Waals surface area (Å²) in [4.78, 5) is 61.3. The number of rotatable bonds is 23. The number of nitrogens with two attached hydrogens (primary N) is 1. The van der Waals surface area contributed by atoms with E-state index in [2.05, 4.69) is 87.5 Å². The molecule has 0 aliphatic carbocycles. The van der Waals surface area contributed by atoms with Crippen molar-refractivity contribution in [2.45, 2.75) is 97.4 Å². The van der Waals surface area contributed by atoms with Crippen molar-refractivity contribution in [2.75, 3.05) is 62.6 Å². The summed E-state index contributed by atoms with van der Waals surface area (Å²) in [5.41, 5.74) is 11.6. The maximum Gasteiger partial charge on any atom is 0.306 e. The van der Waals surface area contributed by atoms with Crippen LogP contribution in [-0.2, 0) is 32.3 Å². The molecule has 1 aliphatic rings. The van der Waals surface area contributed by atoms with Gasteiger partial charge >= 0.3 is 5.97 Å². The smallest absolute Gasteiger partial charge is 0.306 e. The van der Waals surface area contributed by atoms with Gasteiger partial charge in [0.2, 0.25) is 23.7 Å². The van der Waals surface area contributed by atoms with E-state index in [1.54, 1.807) is 21.6 Å². The van der Waals surface area contributed by atoms with Crippen molar-refractivity contribution in [1.82, 2.24) is 35.0 Å². The largest absolute Gasteiger partial charge is 0.481 e. The van der Waals surface area contributed by atoms with Gasteiger partial charge in [0.15, 0.2) is 5.82 Å². The van der Waals surface area contributed by atoms with E-state index in [0.717, 1.165) is 81.8 Å². The van der Waals surface area contributed by atoms with E-state index in [-0.39, 0.29) is 47.8 Å². The van der Waals surface area contributed by atoms with Gasteiger partial charge in [-0.15, -0.1) is 0 Å². The van der Waals surface area contributed by atoms with Crippen LogP contribution < -0.4 is 21.7 Å². The van der Waals surface area contributed by atoms with Gasteiger partial charge in [-0.3, -0.25) is 24.1 Å². The second-order valence-corrected chi connectivity index (χ2v) is 18.3. The van der Waals surface area contributed by atoms with Crippen LogP contribution in [-0.4, -0.2) is 109 Å². The zero-order valence-corrected chi connectivity index (χ0v) is 35.3. The predicted octanol–water partition coefficient (Wildman–Crippen LogP) is 5.29. The fourth-order valence-corrected chi connectivity index (χ4v) is 8.96. The normalized spacial score (nSPS) is 14.1. The van der Waals surface area contributed by atoms with E-state index < -0.39 is 11.9 Å². The summed E-state index contributed by atoms with van der Waals surface area (Å²) in [6.07, 6.45) is 6.75. The lowest BCUT2D eigenvalue weighted by Crippen LogP contribution is -2.48. The molecule has 14 nitrogen and oxygen atoms in total. The number of hydrogen-bond donors (Lipinski definition) is 5. The number of piperazine rings is 1. The zero-order chi connectivity index (χ0) is 40.7. The average molecular weight is 812 g/mol. The van der Waals surface area contributed by atoms with Gasteiger partial charge < -0.3 is 36.3 Å². The Morgan fingerprint density at radius 3 is 2.43 bits per heavy atom. The Morgan fingerprint density at radius 1 is 0.964 bits per heavy atom. The topological polar surface area (TPSA) is 188 Å². The van der Waals surface area contributed by atoms with Gasteiger partial charge in [-0.1, -0.05) is 66.5 Å². The number of anilines is 2. The van der Waals surface area contributed by atoms with Crippen LogP contribution in [0.5, 0.6) is 0 Å². The highest BCUT2D eigenvalue weighted by Gasteiger charge is 2.25.